The Morgan fingerprint density at radius 3 is 2.29 bits per heavy atom. The molecule has 126 valence electrons. The largest absolute Gasteiger partial charge is 0.479 e. The molecule has 0 aromatic heterocycles. The standard InChI is InChI=1S/C19H21NO4/c1-12-4-7-16(10-13(12)2)17(19(22)23)20-18(21)15-8-5-14(6-9-15)11-24-3/h4-10,17H,11H2,1-3H3,(H,20,21)(H,22,23). The molecular formula is C19H21NO4. The lowest BCUT2D eigenvalue weighted by atomic mass is 10.0. The van der Waals surface area contributed by atoms with Gasteiger partial charge in [-0.25, -0.2) is 4.79 Å². The smallest absolute Gasteiger partial charge is 0.330 e. The summed E-state index contributed by atoms with van der Waals surface area (Å²) in [6, 6.07) is 11.2. The van der Waals surface area contributed by atoms with Crippen LogP contribution in [0.5, 0.6) is 0 Å². The summed E-state index contributed by atoms with van der Waals surface area (Å²) in [7, 11) is 1.60. The maximum Gasteiger partial charge on any atom is 0.330 e. The van der Waals surface area contributed by atoms with Gasteiger partial charge >= 0.3 is 5.97 Å². The van der Waals surface area contributed by atoms with Gasteiger partial charge < -0.3 is 15.2 Å². The predicted octanol–water partition coefficient (Wildman–Crippen LogP) is 3.01. The summed E-state index contributed by atoms with van der Waals surface area (Å²) in [5, 5.41) is 12.0. The second-order valence-electron chi connectivity index (χ2n) is 5.72. The van der Waals surface area contributed by atoms with Gasteiger partial charge in [0.15, 0.2) is 6.04 Å². The summed E-state index contributed by atoms with van der Waals surface area (Å²) in [5.74, 6) is -1.52. The molecule has 0 radical (unpaired) electrons. The Kier molecular flexibility index (Phi) is 5.71. The van der Waals surface area contributed by atoms with Crippen LogP contribution in [0.1, 0.15) is 38.7 Å². The quantitative estimate of drug-likeness (QED) is 0.855. The van der Waals surface area contributed by atoms with E-state index in [0.29, 0.717) is 17.7 Å². The molecule has 5 heteroatoms. The molecule has 0 saturated heterocycles. The monoisotopic (exact) mass is 327 g/mol. The van der Waals surface area contributed by atoms with E-state index in [4.69, 9.17) is 4.74 Å². The number of aliphatic carboxylic acids is 1. The van der Waals surface area contributed by atoms with Gasteiger partial charge in [0.05, 0.1) is 6.61 Å². The molecule has 1 amide bonds. The molecule has 2 aromatic carbocycles. The number of carbonyl (C=O) groups excluding carboxylic acids is 1. The molecule has 0 bridgehead atoms. The van der Waals surface area contributed by atoms with Crippen molar-refractivity contribution in [1.29, 1.82) is 0 Å². The van der Waals surface area contributed by atoms with E-state index in [1.54, 1.807) is 43.5 Å². The zero-order valence-electron chi connectivity index (χ0n) is 14.0. The van der Waals surface area contributed by atoms with Crippen LogP contribution in [0.25, 0.3) is 0 Å². The number of methoxy groups -OCH3 is 1. The highest BCUT2D eigenvalue weighted by Crippen LogP contribution is 2.18. The van der Waals surface area contributed by atoms with Crippen LogP contribution in [0.3, 0.4) is 0 Å². The number of nitrogens with one attached hydrogen (secondary N) is 1. The minimum atomic E-state index is -1.09. The molecule has 24 heavy (non-hydrogen) atoms. The minimum Gasteiger partial charge on any atom is -0.479 e. The molecule has 1 unspecified atom stereocenters. The lowest BCUT2D eigenvalue weighted by molar-refractivity contribution is -0.139. The SMILES string of the molecule is COCc1ccc(C(=O)NC(C(=O)O)c2ccc(C)c(C)c2)cc1. The van der Waals surface area contributed by atoms with E-state index in [9.17, 15) is 14.7 Å². The Hall–Kier alpha value is -2.66. The molecule has 0 fully saturated rings. The molecule has 0 heterocycles. The van der Waals surface area contributed by atoms with Crippen LogP contribution in [0, 0.1) is 13.8 Å². The number of benzene rings is 2. The van der Waals surface area contributed by atoms with Crippen molar-refractivity contribution >= 4 is 11.9 Å². The van der Waals surface area contributed by atoms with Crippen molar-refractivity contribution in [3.05, 3.63) is 70.3 Å². The number of hydrogen-bond acceptors (Lipinski definition) is 3. The molecule has 2 N–H and O–H groups in total. The van der Waals surface area contributed by atoms with Crippen LogP contribution in [0.15, 0.2) is 42.5 Å². The van der Waals surface area contributed by atoms with Gasteiger partial charge in [0.1, 0.15) is 0 Å². The summed E-state index contributed by atoms with van der Waals surface area (Å²) in [5.41, 5.74) is 3.96. The number of hydrogen-bond donors (Lipinski definition) is 2. The number of carbonyl (C=O) groups is 2. The summed E-state index contributed by atoms with van der Waals surface area (Å²) < 4.78 is 5.02. The number of carboxylic acids is 1. The number of aryl methyl sites for hydroxylation is 2. The maximum atomic E-state index is 12.3. The fourth-order valence-corrected chi connectivity index (χ4v) is 2.37. The van der Waals surface area contributed by atoms with Gasteiger partial charge in [0, 0.05) is 12.7 Å². The first-order chi connectivity index (χ1) is 11.4. The first-order valence-corrected chi connectivity index (χ1v) is 7.61. The Bertz CT molecular complexity index is 738. The highest BCUT2D eigenvalue weighted by Gasteiger charge is 2.23. The third kappa shape index (κ3) is 4.20. The van der Waals surface area contributed by atoms with Crippen molar-refractivity contribution in [2.24, 2.45) is 0 Å². The van der Waals surface area contributed by atoms with E-state index in [1.165, 1.54) is 0 Å². The fraction of sp³-hybridized carbons (Fsp3) is 0.263. The van der Waals surface area contributed by atoms with Gasteiger partial charge in [0.2, 0.25) is 0 Å². The van der Waals surface area contributed by atoms with E-state index in [1.807, 2.05) is 19.9 Å². The number of ether oxygens (including phenoxy) is 1. The molecule has 2 aromatic rings. The minimum absolute atomic E-state index is 0.407. The van der Waals surface area contributed by atoms with Gasteiger partial charge in [-0.3, -0.25) is 4.79 Å². The number of amides is 1. The summed E-state index contributed by atoms with van der Waals surface area (Å²) in [6.07, 6.45) is 0. The van der Waals surface area contributed by atoms with Crippen LogP contribution < -0.4 is 5.32 Å². The molecule has 0 aliphatic carbocycles. The van der Waals surface area contributed by atoms with Crippen molar-refractivity contribution in [1.82, 2.24) is 5.32 Å². The summed E-state index contributed by atoms with van der Waals surface area (Å²) >= 11 is 0. The zero-order chi connectivity index (χ0) is 17.7. The normalized spacial score (nSPS) is 11.8. The first kappa shape index (κ1) is 17.7. The predicted molar refractivity (Wildman–Crippen MR) is 90.9 cm³/mol. The number of rotatable bonds is 6. The van der Waals surface area contributed by atoms with Crippen LogP contribution in [-0.4, -0.2) is 24.1 Å². The van der Waals surface area contributed by atoms with E-state index < -0.39 is 17.9 Å². The molecule has 5 nitrogen and oxygen atoms in total. The lowest BCUT2D eigenvalue weighted by Gasteiger charge is -2.16. The Morgan fingerprint density at radius 2 is 1.75 bits per heavy atom. The molecule has 0 aliphatic heterocycles. The molecule has 1 atom stereocenters. The Morgan fingerprint density at radius 1 is 1.08 bits per heavy atom. The summed E-state index contributed by atoms with van der Waals surface area (Å²) in [6.45, 7) is 4.32. The Balaban J connectivity index is 2.19. The van der Waals surface area contributed by atoms with E-state index in [2.05, 4.69) is 5.32 Å². The molecule has 0 spiro atoms. The topological polar surface area (TPSA) is 75.6 Å². The van der Waals surface area contributed by atoms with Gasteiger partial charge in [-0.1, -0.05) is 30.3 Å². The highest BCUT2D eigenvalue weighted by molar-refractivity contribution is 5.96. The fourth-order valence-electron chi connectivity index (χ4n) is 2.37. The van der Waals surface area contributed by atoms with E-state index in [-0.39, 0.29) is 0 Å². The third-order valence-corrected chi connectivity index (χ3v) is 3.91. The van der Waals surface area contributed by atoms with Crippen LogP contribution in [-0.2, 0) is 16.1 Å². The molecular weight excluding hydrogens is 306 g/mol. The van der Waals surface area contributed by atoms with Crippen LogP contribution in [0.4, 0.5) is 0 Å². The summed E-state index contributed by atoms with van der Waals surface area (Å²) in [4.78, 5) is 23.9. The average Bonchev–Trinajstić information content (AvgIpc) is 2.56. The Labute approximate surface area is 141 Å². The second kappa shape index (κ2) is 7.75. The van der Waals surface area contributed by atoms with Gasteiger partial charge in [-0.05, 0) is 48.2 Å². The van der Waals surface area contributed by atoms with Gasteiger partial charge in [-0.15, -0.1) is 0 Å². The molecule has 2 rings (SSSR count). The number of carboxylic acid groups (broad SMARTS) is 1. The maximum absolute atomic E-state index is 12.3. The van der Waals surface area contributed by atoms with Crippen molar-refractivity contribution < 1.29 is 19.4 Å². The van der Waals surface area contributed by atoms with Crippen LogP contribution in [0.2, 0.25) is 0 Å². The van der Waals surface area contributed by atoms with Crippen molar-refractivity contribution in [2.75, 3.05) is 7.11 Å². The van der Waals surface area contributed by atoms with Gasteiger partial charge in [-0.2, -0.15) is 0 Å². The van der Waals surface area contributed by atoms with Gasteiger partial charge in [0.25, 0.3) is 5.91 Å². The van der Waals surface area contributed by atoms with Crippen LogP contribution >= 0.6 is 0 Å². The zero-order valence-corrected chi connectivity index (χ0v) is 14.0. The molecule has 0 aliphatic rings. The van der Waals surface area contributed by atoms with E-state index >= 15 is 0 Å². The molecule has 0 saturated carbocycles. The van der Waals surface area contributed by atoms with E-state index in [0.717, 1.165) is 16.7 Å². The average molecular weight is 327 g/mol. The van der Waals surface area contributed by atoms with Crippen molar-refractivity contribution in [3.8, 4) is 0 Å². The first-order valence-electron chi connectivity index (χ1n) is 7.61. The highest BCUT2D eigenvalue weighted by atomic mass is 16.5. The lowest BCUT2D eigenvalue weighted by Crippen LogP contribution is -2.33. The van der Waals surface area contributed by atoms with Crippen molar-refractivity contribution in [2.45, 2.75) is 26.5 Å². The third-order valence-electron chi connectivity index (χ3n) is 3.91. The van der Waals surface area contributed by atoms with Crippen molar-refractivity contribution in [3.63, 3.8) is 0 Å². The second-order valence-corrected chi connectivity index (χ2v) is 5.72.